The molecule has 1 amide bonds. The SMILES string of the molecule is CC(C)NC(=O)[C@@H]1C[C@H](O)CN1. The fraction of sp³-hybridized carbons (Fsp3) is 0.875. The first-order valence-electron chi connectivity index (χ1n) is 4.31. The van der Waals surface area contributed by atoms with Crippen LogP contribution in [-0.2, 0) is 4.79 Å². The minimum Gasteiger partial charge on any atom is -0.392 e. The van der Waals surface area contributed by atoms with Crippen LogP contribution in [0.4, 0.5) is 0 Å². The molecule has 2 atom stereocenters. The maximum Gasteiger partial charge on any atom is 0.237 e. The lowest BCUT2D eigenvalue weighted by Gasteiger charge is -2.13. The lowest BCUT2D eigenvalue weighted by molar-refractivity contribution is -0.123. The van der Waals surface area contributed by atoms with Crippen LogP contribution in [0.15, 0.2) is 0 Å². The summed E-state index contributed by atoms with van der Waals surface area (Å²) in [7, 11) is 0. The van der Waals surface area contributed by atoms with Crippen LogP contribution in [0.1, 0.15) is 20.3 Å². The van der Waals surface area contributed by atoms with E-state index in [4.69, 9.17) is 5.11 Å². The molecular formula is C8H16N2O2. The van der Waals surface area contributed by atoms with Crippen LogP contribution in [0.2, 0.25) is 0 Å². The molecule has 4 heteroatoms. The second-order valence-corrected chi connectivity index (χ2v) is 3.51. The van der Waals surface area contributed by atoms with Gasteiger partial charge in [0.15, 0.2) is 0 Å². The van der Waals surface area contributed by atoms with E-state index in [1.807, 2.05) is 13.8 Å². The number of nitrogens with one attached hydrogen (secondary N) is 2. The van der Waals surface area contributed by atoms with Gasteiger partial charge in [-0.25, -0.2) is 0 Å². The molecular weight excluding hydrogens is 156 g/mol. The molecule has 4 nitrogen and oxygen atoms in total. The van der Waals surface area contributed by atoms with E-state index >= 15 is 0 Å². The number of aliphatic hydroxyl groups is 1. The predicted molar refractivity (Wildman–Crippen MR) is 45.7 cm³/mol. The van der Waals surface area contributed by atoms with Crippen LogP contribution < -0.4 is 10.6 Å². The van der Waals surface area contributed by atoms with Crippen molar-refractivity contribution < 1.29 is 9.90 Å². The maximum absolute atomic E-state index is 11.3. The third-order valence-electron chi connectivity index (χ3n) is 1.86. The van der Waals surface area contributed by atoms with Gasteiger partial charge in [-0.1, -0.05) is 0 Å². The van der Waals surface area contributed by atoms with Gasteiger partial charge in [0.25, 0.3) is 0 Å². The van der Waals surface area contributed by atoms with Crippen LogP contribution in [0, 0.1) is 0 Å². The lowest BCUT2D eigenvalue weighted by atomic mass is 10.2. The molecule has 3 N–H and O–H groups in total. The standard InChI is InChI=1S/C8H16N2O2/c1-5(2)10-8(12)7-3-6(11)4-9-7/h5-7,9,11H,3-4H2,1-2H3,(H,10,12)/t6-,7-/m0/s1. The highest BCUT2D eigenvalue weighted by Crippen LogP contribution is 2.05. The molecule has 0 saturated carbocycles. The smallest absolute Gasteiger partial charge is 0.237 e. The Bertz CT molecular complexity index is 170. The van der Waals surface area contributed by atoms with Gasteiger partial charge >= 0.3 is 0 Å². The van der Waals surface area contributed by atoms with Crippen molar-refractivity contribution in [2.45, 2.75) is 38.5 Å². The Morgan fingerprint density at radius 3 is 2.75 bits per heavy atom. The number of hydrogen-bond acceptors (Lipinski definition) is 3. The number of rotatable bonds is 2. The Morgan fingerprint density at radius 1 is 1.67 bits per heavy atom. The minimum absolute atomic E-state index is 0.0125. The average Bonchev–Trinajstić information content (AvgIpc) is 2.34. The van der Waals surface area contributed by atoms with Crippen LogP contribution in [0.3, 0.4) is 0 Å². The van der Waals surface area contributed by atoms with Gasteiger partial charge in [-0.2, -0.15) is 0 Å². The molecule has 1 heterocycles. The van der Waals surface area contributed by atoms with E-state index in [0.29, 0.717) is 13.0 Å². The summed E-state index contributed by atoms with van der Waals surface area (Å²) in [5.74, 6) is -0.0125. The Morgan fingerprint density at radius 2 is 2.33 bits per heavy atom. The number of hydrogen-bond donors (Lipinski definition) is 3. The van der Waals surface area contributed by atoms with Gasteiger partial charge in [-0.3, -0.25) is 4.79 Å². The summed E-state index contributed by atoms with van der Waals surface area (Å²) in [6.45, 7) is 4.36. The summed E-state index contributed by atoms with van der Waals surface area (Å²) in [5, 5.41) is 14.9. The molecule has 0 bridgehead atoms. The van der Waals surface area contributed by atoms with Crippen LogP contribution in [-0.4, -0.2) is 35.7 Å². The maximum atomic E-state index is 11.3. The molecule has 0 unspecified atom stereocenters. The van der Waals surface area contributed by atoms with Gasteiger partial charge in [0, 0.05) is 12.6 Å². The summed E-state index contributed by atoms with van der Waals surface area (Å²) >= 11 is 0. The van der Waals surface area contributed by atoms with Gasteiger partial charge < -0.3 is 15.7 Å². The largest absolute Gasteiger partial charge is 0.392 e. The van der Waals surface area contributed by atoms with Crippen molar-refractivity contribution in [2.75, 3.05) is 6.54 Å². The van der Waals surface area contributed by atoms with E-state index in [1.54, 1.807) is 0 Å². The fourth-order valence-corrected chi connectivity index (χ4v) is 1.30. The fourth-order valence-electron chi connectivity index (χ4n) is 1.30. The first-order chi connectivity index (χ1) is 5.59. The van der Waals surface area contributed by atoms with E-state index in [1.165, 1.54) is 0 Å². The van der Waals surface area contributed by atoms with Crippen LogP contribution in [0.5, 0.6) is 0 Å². The van der Waals surface area contributed by atoms with E-state index in [9.17, 15) is 4.79 Å². The molecule has 0 aromatic rings. The third-order valence-corrected chi connectivity index (χ3v) is 1.86. The van der Waals surface area contributed by atoms with E-state index in [-0.39, 0.29) is 24.1 Å². The highest BCUT2D eigenvalue weighted by Gasteiger charge is 2.27. The second-order valence-electron chi connectivity index (χ2n) is 3.51. The van der Waals surface area contributed by atoms with Gasteiger partial charge in [-0.15, -0.1) is 0 Å². The van der Waals surface area contributed by atoms with Crippen molar-refractivity contribution >= 4 is 5.91 Å². The van der Waals surface area contributed by atoms with Crippen LogP contribution >= 0.6 is 0 Å². The Balaban J connectivity index is 2.33. The number of β-amino-alcohol motifs (C(OH)–C–C–N with tert-alkyl or cyclic N) is 1. The predicted octanol–water partition coefficient (Wildman–Crippen LogP) is -0.766. The van der Waals surface area contributed by atoms with Crippen LogP contribution in [0.25, 0.3) is 0 Å². The van der Waals surface area contributed by atoms with Gasteiger partial charge in [0.2, 0.25) is 5.91 Å². The molecule has 0 aromatic carbocycles. The van der Waals surface area contributed by atoms with Crippen molar-refractivity contribution in [3.05, 3.63) is 0 Å². The molecule has 1 aliphatic rings. The highest BCUT2D eigenvalue weighted by molar-refractivity contribution is 5.82. The third kappa shape index (κ3) is 2.46. The van der Waals surface area contributed by atoms with Gasteiger partial charge in [-0.05, 0) is 20.3 Å². The minimum atomic E-state index is -0.368. The monoisotopic (exact) mass is 172 g/mol. The zero-order valence-corrected chi connectivity index (χ0v) is 7.50. The van der Waals surface area contributed by atoms with Crippen molar-refractivity contribution in [3.8, 4) is 0 Å². The molecule has 0 aromatic heterocycles. The lowest BCUT2D eigenvalue weighted by Crippen LogP contribution is -2.43. The molecule has 1 fully saturated rings. The zero-order chi connectivity index (χ0) is 9.14. The highest BCUT2D eigenvalue weighted by atomic mass is 16.3. The molecule has 70 valence electrons. The van der Waals surface area contributed by atoms with Crippen molar-refractivity contribution in [2.24, 2.45) is 0 Å². The molecule has 0 radical (unpaired) electrons. The molecule has 1 saturated heterocycles. The summed E-state index contributed by atoms with van der Waals surface area (Å²) < 4.78 is 0. The normalized spacial score (nSPS) is 29.3. The first-order valence-corrected chi connectivity index (χ1v) is 4.31. The summed E-state index contributed by atoms with van der Waals surface area (Å²) in [6, 6.07) is -0.0422. The summed E-state index contributed by atoms with van der Waals surface area (Å²) in [4.78, 5) is 11.3. The van der Waals surface area contributed by atoms with E-state index in [0.717, 1.165) is 0 Å². The first kappa shape index (κ1) is 9.48. The number of carbonyl (C=O) groups is 1. The number of amides is 1. The molecule has 1 rings (SSSR count). The van der Waals surface area contributed by atoms with Crippen molar-refractivity contribution in [3.63, 3.8) is 0 Å². The van der Waals surface area contributed by atoms with Gasteiger partial charge in [0.05, 0.1) is 12.1 Å². The number of aliphatic hydroxyl groups excluding tert-OH is 1. The van der Waals surface area contributed by atoms with Gasteiger partial charge in [0.1, 0.15) is 0 Å². The average molecular weight is 172 g/mol. The summed E-state index contributed by atoms with van der Waals surface area (Å²) in [6.07, 6.45) is 0.159. The van der Waals surface area contributed by atoms with Crippen molar-refractivity contribution in [1.29, 1.82) is 0 Å². The van der Waals surface area contributed by atoms with E-state index < -0.39 is 0 Å². The molecule has 12 heavy (non-hydrogen) atoms. The number of carbonyl (C=O) groups excluding carboxylic acids is 1. The van der Waals surface area contributed by atoms with E-state index in [2.05, 4.69) is 10.6 Å². The molecule has 0 spiro atoms. The second kappa shape index (κ2) is 3.87. The zero-order valence-electron chi connectivity index (χ0n) is 7.50. The molecule has 1 aliphatic heterocycles. The Labute approximate surface area is 72.3 Å². The Kier molecular flexibility index (Phi) is 3.05. The topological polar surface area (TPSA) is 61.4 Å². The Hall–Kier alpha value is -0.610. The quantitative estimate of drug-likeness (QED) is 0.513. The molecule has 0 aliphatic carbocycles. The van der Waals surface area contributed by atoms with Crippen molar-refractivity contribution in [1.82, 2.24) is 10.6 Å². The summed E-state index contributed by atoms with van der Waals surface area (Å²) in [5.41, 5.74) is 0.